The van der Waals surface area contributed by atoms with Gasteiger partial charge in [-0.15, -0.1) is 0 Å². The summed E-state index contributed by atoms with van der Waals surface area (Å²) in [6.07, 6.45) is 0. The van der Waals surface area contributed by atoms with E-state index in [-0.39, 0.29) is 18.0 Å². The predicted octanol–water partition coefficient (Wildman–Crippen LogP) is 0.578. The van der Waals surface area contributed by atoms with Gasteiger partial charge in [0.1, 0.15) is 0 Å². The van der Waals surface area contributed by atoms with Gasteiger partial charge in [0.05, 0.1) is 7.11 Å². The number of hydrazine groups is 1. The number of nitrogens with one attached hydrogen (secondary N) is 2. The molecular formula is C11H20N6O2. The summed E-state index contributed by atoms with van der Waals surface area (Å²) in [6, 6.07) is 0.183. The van der Waals surface area contributed by atoms with Gasteiger partial charge in [0.2, 0.25) is 11.9 Å². The van der Waals surface area contributed by atoms with E-state index in [1.54, 1.807) is 5.01 Å². The summed E-state index contributed by atoms with van der Waals surface area (Å²) in [5.41, 5.74) is 2.67. The highest BCUT2D eigenvalue weighted by molar-refractivity contribution is 5.74. The van der Waals surface area contributed by atoms with Crippen LogP contribution in [0.5, 0.6) is 6.01 Å². The van der Waals surface area contributed by atoms with E-state index in [2.05, 4.69) is 25.7 Å². The zero-order valence-electron chi connectivity index (χ0n) is 11.9. The van der Waals surface area contributed by atoms with Gasteiger partial charge in [0, 0.05) is 19.5 Å². The highest BCUT2D eigenvalue weighted by Gasteiger charge is 2.17. The van der Waals surface area contributed by atoms with Crippen LogP contribution in [0.3, 0.4) is 0 Å². The van der Waals surface area contributed by atoms with Gasteiger partial charge < -0.3 is 10.1 Å². The molecule has 1 aromatic heterocycles. The molecule has 0 unspecified atom stereocenters. The molecule has 0 saturated heterocycles. The normalized spacial score (nSPS) is 10.2. The summed E-state index contributed by atoms with van der Waals surface area (Å²) in [6.45, 7) is 7.87. The minimum Gasteiger partial charge on any atom is -0.467 e. The maximum absolute atomic E-state index is 11.2. The number of rotatable bonds is 6. The molecule has 19 heavy (non-hydrogen) atoms. The first-order valence-electron chi connectivity index (χ1n) is 6.08. The number of ether oxygens (including phenoxy) is 1. The summed E-state index contributed by atoms with van der Waals surface area (Å²) < 4.78 is 5.04. The summed E-state index contributed by atoms with van der Waals surface area (Å²) in [7, 11) is 1.48. The molecule has 1 heterocycles. The van der Waals surface area contributed by atoms with E-state index in [4.69, 9.17) is 4.74 Å². The van der Waals surface area contributed by atoms with Gasteiger partial charge >= 0.3 is 6.01 Å². The van der Waals surface area contributed by atoms with Crippen LogP contribution in [-0.2, 0) is 4.79 Å². The molecule has 1 rings (SSSR count). The molecule has 1 amide bonds. The summed E-state index contributed by atoms with van der Waals surface area (Å²) in [4.78, 5) is 23.7. The van der Waals surface area contributed by atoms with E-state index in [1.807, 2.05) is 20.8 Å². The minimum atomic E-state index is -0.196. The maximum atomic E-state index is 11.2. The number of amides is 1. The standard InChI is InChI=1S/C11H20N6O2/c1-6-12-9-13-10(15-11(14-9)19-5)17(7(2)3)16-8(4)18/h7H,6H2,1-5H3,(H,16,18)(H,12,13,14,15). The van der Waals surface area contributed by atoms with Gasteiger partial charge in [0.25, 0.3) is 5.95 Å². The lowest BCUT2D eigenvalue weighted by atomic mass is 10.4. The van der Waals surface area contributed by atoms with Crippen molar-refractivity contribution in [1.82, 2.24) is 20.4 Å². The second-order valence-electron chi connectivity index (χ2n) is 4.11. The SMILES string of the molecule is CCNc1nc(OC)nc(N(NC(C)=O)C(C)C)n1. The fourth-order valence-electron chi connectivity index (χ4n) is 1.36. The third-order valence-corrected chi connectivity index (χ3v) is 2.13. The number of carbonyl (C=O) groups is 1. The molecule has 0 aliphatic carbocycles. The van der Waals surface area contributed by atoms with Crippen LogP contribution in [0.2, 0.25) is 0 Å². The third-order valence-electron chi connectivity index (χ3n) is 2.13. The fourth-order valence-corrected chi connectivity index (χ4v) is 1.36. The van der Waals surface area contributed by atoms with Crippen molar-refractivity contribution in [3.8, 4) is 6.01 Å². The lowest BCUT2D eigenvalue weighted by molar-refractivity contribution is -0.119. The van der Waals surface area contributed by atoms with E-state index in [0.29, 0.717) is 18.4 Å². The van der Waals surface area contributed by atoms with Crippen LogP contribution < -0.4 is 20.5 Å². The molecule has 1 aromatic rings. The Bertz CT molecular complexity index is 437. The fraction of sp³-hybridized carbons (Fsp3) is 0.636. The van der Waals surface area contributed by atoms with Gasteiger partial charge in [-0.25, -0.2) is 5.01 Å². The van der Waals surface area contributed by atoms with Crippen molar-refractivity contribution in [2.45, 2.75) is 33.7 Å². The molecule has 2 N–H and O–H groups in total. The topological polar surface area (TPSA) is 92.3 Å². The molecule has 0 bridgehead atoms. The number of nitrogens with zero attached hydrogens (tertiary/aromatic N) is 4. The van der Waals surface area contributed by atoms with Crippen LogP contribution in [-0.4, -0.2) is 40.6 Å². The van der Waals surface area contributed by atoms with Crippen LogP contribution in [0.1, 0.15) is 27.7 Å². The minimum absolute atomic E-state index is 0.00881. The number of methoxy groups -OCH3 is 1. The molecule has 0 radical (unpaired) electrons. The first kappa shape index (κ1) is 14.9. The van der Waals surface area contributed by atoms with Gasteiger partial charge in [-0.3, -0.25) is 10.2 Å². The average molecular weight is 268 g/mol. The van der Waals surface area contributed by atoms with Gasteiger partial charge in [-0.1, -0.05) is 0 Å². The Morgan fingerprint density at radius 1 is 1.37 bits per heavy atom. The summed E-state index contributed by atoms with van der Waals surface area (Å²) in [5, 5.41) is 4.55. The molecule has 0 aliphatic heterocycles. The first-order chi connectivity index (χ1) is 8.97. The van der Waals surface area contributed by atoms with Crippen molar-refractivity contribution in [1.29, 1.82) is 0 Å². The predicted molar refractivity (Wildman–Crippen MR) is 72.0 cm³/mol. The van der Waals surface area contributed by atoms with E-state index >= 15 is 0 Å². The first-order valence-corrected chi connectivity index (χ1v) is 6.08. The zero-order chi connectivity index (χ0) is 14.4. The molecule has 0 fully saturated rings. The van der Waals surface area contributed by atoms with Crippen LogP contribution in [0.25, 0.3) is 0 Å². The molecule has 0 atom stereocenters. The van der Waals surface area contributed by atoms with Crippen molar-refractivity contribution in [3.05, 3.63) is 0 Å². The Morgan fingerprint density at radius 2 is 2.05 bits per heavy atom. The molecule has 106 valence electrons. The molecule has 0 aromatic carbocycles. The molecule has 0 saturated carbocycles. The second kappa shape index (κ2) is 6.72. The highest BCUT2D eigenvalue weighted by Crippen LogP contribution is 2.15. The van der Waals surface area contributed by atoms with Crippen LogP contribution in [0.4, 0.5) is 11.9 Å². The van der Waals surface area contributed by atoms with Crippen LogP contribution >= 0.6 is 0 Å². The molecular weight excluding hydrogens is 248 g/mol. The number of hydrogen-bond acceptors (Lipinski definition) is 7. The Kier molecular flexibility index (Phi) is 5.28. The maximum Gasteiger partial charge on any atom is 0.322 e. The molecule has 8 nitrogen and oxygen atoms in total. The summed E-state index contributed by atoms with van der Waals surface area (Å²) >= 11 is 0. The quantitative estimate of drug-likeness (QED) is 0.729. The van der Waals surface area contributed by atoms with Crippen molar-refractivity contribution in [2.24, 2.45) is 0 Å². The van der Waals surface area contributed by atoms with E-state index in [9.17, 15) is 4.79 Å². The van der Waals surface area contributed by atoms with Crippen molar-refractivity contribution in [2.75, 3.05) is 24.0 Å². The van der Waals surface area contributed by atoms with E-state index in [1.165, 1.54) is 14.0 Å². The molecule has 8 heteroatoms. The second-order valence-corrected chi connectivity index (χ2v) is 4.11. The number of hydrogen-bond donors (Lipinski definition) is 2. The lowest BCUT2D eigenvalue weighted by Crippen LogP contribution is -2.46. The average Bonchev–Trinajstić information content (AvgIpc) is 2.35. The highest BCUT2D eigenvalue weighted by atomic mass is 16.5. The van der Waals surface area contributed by atoms with Crippen molar-refractivity contribution < 1.29 is 9.53 Å². The van der Waals surface area contributed by atoms with E-state index < -0.39 is 0 Å². The Hall–Kier alpha value is -2.12. The molecule has 0 aliphatic rings. The van der Waals surface area contributed by atoms with E-state index in [0.717, 1.165) is 0 Å². The number of carbonyl (C=O) groups excluding carboxylic acids is 1. The van der Waals surface area contributed by atoms with Crippen LogP contribution in [0, 0.1) is 0 Å². The number of aromatic nitrogens is 3. The van der Waals surface area contributed by atoms with Gasteiger partial charge in [0.15, 0.2) is 0 Å². The summed E-state index contributed by atoms with van der Waals surface area (Å²) in [5.74, 6) is 0.534. The largest absolute Gasteiger partial charge is 0.467 e. The lowest BCUT2D eigenvalue weighted by Gasteiger charge is -2.26. The van der Waals surface area contributed by atoms with Gasteiger partial charge in [-0.05, 0) is 20.8 Å². The Labute approximate surface area is 112 Å². The zero-order valence-corrected chi connectivity index (χ0v) is 11.9. The Morgan fingerprint density at radius 3 is 2.53 bits per heavy atom. The van der Waals surface area contributed by atoms with Crippen molar-refractivity contribution >= 4 is 17.8 Å². The van der Waals surface area contributed by atoms with Crippen LogP contribution in [0.15, 0.2) is 0 Å². The van der Waals surface area contributed by atoms with Gasteiger partial charge in [-0.2, -0.15) is 15.0 Å². The number of anilines is 2. The smallest absolute Gasteiger partial charge is 0.322 e. The molecule has 0 spiro atoms. The Balaban J connectivity index is 3.13. The third kappa shape index (κ3) is 4.23. The van der Waals surface area contributed by atoms with Crippen molar-refractivity contribution in [3.63, 3.8) is 0 Å². The monoisotopic (exact) mass is 268 g/mol.